The van der Waals surface area contributed by atoms with E-state index in [1.54, 1.807) is 13.3 Å². The van der Waals surface area contributed by atoms with Gasteiger partial charge in [-0.05, 0) is 69.6 Å². The monoisotopic (exact) mass is 521 g/mol. The SMILES string of the molecule is COC[C@@H](C)NC1CCC(Nc2cc(-c3nc(NCC4CCOCC4)ccc3Cl)c(Cl)cn2)CC1. The second-order valence-corrected chi connectivity index (χ2v) is 10.5. The van der Waals surface area contributed by atoms with Crippen LogP contribution in [-0.4, -0.2) is 61.6 Å². The molecule has 35 heavy (non-hydrogen) atoms. The molecule has 0 amide bonds. The average Bonchev–Trinajstić information content (AvgIpc) is 2.87. The normalized spacial score (nSPS) is 22.1. The Morgan fingerprint density at radius 2 is 1.77 bits per heavy atom. The lowest BCUT2D eigenvalue weighted by Gasteiger charge is -2.32. The molecule has 2 aromatic heterocycles. The molecule has 3 N–H and O–H groups in total. The van der Waals surface area contributed by atoms with E-state index >= 15 is 0 Å². The Morgan fingerprint density at radius 1 is 1.03 bits per heavy atom. The van der Waals surface area contributed by atoms with Crippen molar-refractivity contribution < 1.29 is 9.47 Å². The van der Waals surface area contributed by atoms with Gasteiger partial charge in [-0.2, -0.15) is 0 Å². The number of halogens is 2. The molecule has 1 aliphatic carbocycles. The number of anilines is 2. The highest BCUT2D eigenvalue weighted by atomic mass is 35.5. The lowest BCUT2D eigenvalue weighted by Crippen LogP contribution is -2.42. The summed E-state index contributed by atoms with van der Waals surface area (Å²) < 4.78 is 10.7. The van der Waals surface area contributed by atoms with Gasteiger partial charge in [-0.3, -0.25) is 0 Å². The molecular formula is C26H37Cl2N5O2. The van der Waals surface area contributed by atoms with Crippen LogP contribution in [0.5, 0.6) is 0 Å². The van der Waals surface area contributed by atoms with Gasteiger partial charge in [-0.25, -0.2) is 9.97 Å². The molecule has 3 heterocycles. The molecule has 0 bridgehead atoms. The number of nitrogens with one attached hydrogen (secondary N) is 3. The van der Waals surface area contributed by atoms with E-state index in [9.17, 15) is 0 Å². The predicted octanol–water partition coefficient (Wildman–Crippen LogP) is 5.64. The third kappa shape index (κ3) is 7.67. The van der Waals surface area contributed by atoms with Crippen molar-refractivity contribution in [2.45, 2.75) is 63.6 Å². The molecule has 1 saturated carbocycles. The van der Waals surface area contributed by atoms with Crippen molar-refractivity contribution in [2.24, 2.45) is 5.92 Å². The molecule has 2 fully saturated rings. The first-order valence-corrected chi connectivity index (χ1v) is 13.4. The number of methoxy groups -OCH3 is 1. The summed E-state index contributed by atoms with van der Waals surface area (Å²) in [6.45, 7) is 5.44. The van der Waals surface area contributed by atoms with Crippen LogP contribution in [0.25, 0.3) is 11.3 Å². The number of ether oxygens (including phenoxy) is 2. The summed E-state index contributed by atoms with van der Waals surface area (Å²) in [5.74, 6) is 2.19. The third-order valence-corrected chi connectivity index (χ3v) is 7.49. The van der Waals surface area contributed by atoms with E-state index in [4.69, 9.17) is 37.7 Å². The van der Waals surface area contributed by atoms with Gasteiger partial charge in [0.05, 0.1) is 22.3 Å². The predicted molar refractivity (Wildman–Crippen MR) is 144 cm³/mol. The number of aromatic nitrogens is 2. The van der Waals surface area contributed by atoms with Crippen molar-refractivity contribution in [1.82, 2.24) is 15.3 Å². The van der Waals surface area contributed by atoms with E-state index in [1.807, 2.05) is 18.2 Å². The van der Waals surface area contributed by atoms with Crippen LogP contribution in [0, 0.1) is 5.92 Å². The van der Waals surface area contributed by atoms with Gasteiger partial charge in [0.25, 0.3) is 0 Å². The number of nitrogens with zero attached hydrogens (tertiary/aromatic N) is 2. The second-order valence-electron chi connectivity index (χ2n) is 9.73. The Hall–Kier alpha value is -1.64. The first-order chi connectivity index (χ1) is 17.0. The highest BCUT2D eigenvalue weighted by molar-refractivity contribution is 6.36. The molecule has 0 aromatic carbocycles. The largest absolute Gasteiger partial charge is 0.383 e. The van der Waals surface area contributed by atoms with E-state index in [-0.39, 0.29) is 0 Å². The number of pyridine rings is 2. The van der Waals surface area contributed by atoms with Crippen LogP contribution >= 0.6 is 23.2 Å². The fraction of sp³-hybridized carbons (Fsp3) is 0.615. The van der Waals surface area contributed by atoms with Crippen molar-refractivity contribution in [3.63, 3.8) is 0 Å². The zero-order valence-corrected chi connectivity index (χ0v) is 22.2. The molecule has 7 nitrogen and oxygen atoms in total. The van der Waals surface area contributed by atoms with Crippen LogP contribution in [0.2, 0.25) is 10.0 Å². The zero-order chi connectivity index (χ0) is 24.6. The van der Waals surface area contributed by atoms with Crippen molar-refractivity contribution in [1.29, 1.82) is 0 Å². The molecule has 2 aromatic rings. The maximum absolute atomic E-state index is 6.55. The van der Waals surface area contributed by atoms with Crippen LogP contribution in [0.4, 0.5) is 11.6 Å². The molecule has 0 spiro atoms. The first-order valence-electron chi connectivity index (χ1n) is 12.7. The van der Waals surface area contributed by atoms with Gasteiger partial charge in [-0.1, -0.05) is 23.2 Å². The van der Waals surface area contributed by atoms with Gasteiger partial charge in [-0.15, -0.1) is 0 Å². The zero-order valence-electron chi connectivity index (χ0n) is 20.7. The minimum Gasteiger partial charge on any atom is -0.383 e. The Morgan fingerprint density at radius 3 is 2.51 bits per heavy atom. The lowest BCUT2D eigenvalue weighted by atomic mass is 9.90. The van der Waals surface area contributed by atoms with Gasteiger partial charge in [0.2, 0.25) is 0 Å². The van der Waals surface area contributed by atoms with Crippen LogP contribution in [0.15, 0.2) is 24.4 Å². The molecule has 4 rings (SSSR count). The smallest absolute Gasteiger partial charge is 0.126 e. The Labute approximate surface area is 218 Å². The topological polar surface area (TPSA) is 80.3 Å². The summed E-state index contributed by atoms with van der Waals surface area (Å²) in [5, 5.41) is 11.8. The maximum Gasteiger partial charge on any atom is 0.126 e. The summed E-state index contributed by atoms with van der Waals surface area (Å²) >= 11 is 13.1. The maximum atomic E-state index is 6.55. The average molecular weight is 523 g/mol. The van der Waals surface area contributed by atoms with Crippen molar-refractivity contribution in [3.8, 4) is 11.3 Å². The van der Waals surface area contributed by atoms with Crippen LogP contribution in [0.3, 0.4) is 0 Å². The molecule has 9 heteroatoms. The standard InChI is InChI=1S/C26H37Cl2N5O2/c1-17(16-34-2)31-19-3-5-20(6-4-19)32-25-13-21(23(28)15-30-25)26-22(27)7-8-24(33-26)29-14-18-9-11-35-12-10-18/h7-8,13,15,17-20,31H,3-6,9-12,14,16H2,1-2H3,(H,29,33)(H,30,32)/t17-,19?,20?/m1/s1. The van der Waals surface area contributed by atoms with Gasteiger partial charge in [0.15, 0.2) is 0 Å². The quantitative estimate of drug-likeness (QED) is 0.373. The van der Waals surface area contributed by atoms with E-state index < -0.39 is 0 Å². The minimum absolute atomic E-state index is 0.370. The summed E-state index contributed by atoms with van der Waals surface area (Å²) in [7, 11) is 1.75. The highest BCUT2D eigenvalue weighted by Crippen LogP contribution is 2.34. The highest BCUT2D eigenvalue weighted by Gasteiger charge is 2.23. The molecule has 0 unspecified atom stereocenters. The molecule has 2 aliphatic rings. The molecule has 1 saturated heterocycles. The molecule has 192 valence electrons. The summed E-state index contributed by atoms with van der Waals surface area (Å²) in [4.78, 5) is 9.32. The number of hydrogen-bond donors (Lipinski definition) is 3. The van der Waals surface area contributed by atoms with Gasteiger partial charge < -0.3 is 25.4 Å². The first kappa shape index (κ1) is 26.4. The number of hydrogen-bond acceptors (Lipinski definition) is 7. The summed E-state index contributed by atoms with van der Waals surface area (Å²) in [5.41, 5.74) is 1.45. The molecule has 1 atom stereocenters. The van der Waals surface area contributed by atoms with Crippen LogP contribution in [-0.2, 0) is 9.47 Å². The molecule has 1 aliphatic heterocycles. The Bertz CT molecular complexity index is 949. The third-order valence-electron chi connectivity index (χ3n) is 6.89. The second kappa shape index (κ2) is 13.1. The van der Waals surface area contributed by atoms with E-state index in [1.165, 1.54) is 0 Å². The van der Waals surface area contributed by atoms with Crippen LogP contribution < -0.4 is 16.0 Å². The van der Waals surface area contributed by atoms with Crippen molar-refractivity contribution >= 4 is 34.8 Å². The van der Waals surface area contributed by atoms with Crippen molar-refractivity contribution in [2.75, 3.05) is 44.1 Å². The molecular weight excluding hydrogens is 485 g/mol. The fourth-order valence-corrected chi connectivity index (χ4v) is 5.34. The number of rotatable bonds is 10. The summed E-state index contributed by atoms with van der Waals surface area (Å²) in [6.07, 6.45) is 8.24. The summed E-state index contributed by atoms with van der Waals surface area (Å²) in [6, 6.07) is 7.03. The van der Waals surface area contributed by atoms with Gasteiger partial charge in [0, 0.05) is 56.8 Å². The van der Waals surface area contributed by atoms with Crippen molar-refractivity contribution in [3.05, 3.63) is 34.4 Å². The van der Waals surface area contributed by atoms with Gasteiger partial charge in [0.1, 0.15) is 11.6 Å². The van der Waals surface area contributed by atoms with Crippen LogP contribution in [0.1, 0.15) is 45.4 Å². The van der Waals surface area contributed by atoms with E-state index in [2.05, 4.69) is 27.9 Å². The lowest BCUT2D eigenvalue weighted by molar-refractivity contribution is 0.0699. The van der Waals surface area contributed by atoms with E-state index in [0.29, 0.717) is 39.8 Å². The fourth-order valence-electron chi connectivity index (χ4n) is 4.94. The van der Waals surface area contributed by atoms with E-state index in [0.717, 1.165) is 82.1 Å². The Balaban J connectivity index is 1.38. The minimum atomic E-state index is 0.370. The Kier molecular flexibility index (Phi) is 9.86. The van der Waals surface area contributed by atoms with Gasteiger partial charge >= 0.3 is 0 Å². The molecule has 0 radical (unpaired) electrons.